The van der Waals surface area contributed by atoms with E-state index in [4.69, 9.17) is 5.11 Å². The molecule has 4 nitrogen and oxygen atoms in total. The third-order valence-corrected chi connectivity index (χ3v) is 3.93. The standard InChI is InChI=1S/C11H15BrN2O2/c12-10-9(11(15)16)7-13-14(10)8-5-3-1-2-4-6-8/h7-8H,1-6H2,(H,15,16). The summed E-state index contributed by atoms with van der Waals surface area (Å²) in [4.78, 5) is 10.9. The first-order chi connectivity index (χ1) is 7.70. The number of carbonyl (C=O) groups is 1. The summed E-state index contributed by atoms with van der Waals surface area (Å²) in [5.41, 5.74) is 0.254. The first-order valence-electron chi connectivity index (χ1n) is 5.66. The number of aromatic nitrogens is 2. The number of carboxylic acids is 1. The van der Waals surface area contributed by atoms with E-state index >= 15 is 0 Å². The van der Waals surface area contributed by atoms with Crippen molar-refractivity contribution in [3.8, 4) is 0 Å². The topological polar surface area (TPSA) is 55.1 Å². The van der Waals surface area contributed by atoms with Gasteiger partial charge in [0.1, 0.15) is 10.2 Å². The van der Waals surface area contributed by atoms with E-state index in [0.717, 1.165) is 12.8 Å². The van der Waals surface area contributed by atoms with Gasteiger partial charge in [-0.3, -0.25) is 4.68 Å². The minimum atomic E-state index is -0.924. The van der Waals surface area contributed by atoms with E-state index in [9.17, 15) is 4.79 Å². The molecule has 5 heteroatoms. The number of nitrogens with zero attached hydrogens (tertiary/aromatic N) is 2. The molecule has 1 saturated carbocycles. The van der Waals surface area contributed by atoms with Crippen molar-refractivity contribution in [2.24, 2.45) is 0 Å². The number of carboxylic acid groups (broad SMARTS) is 1. The maximum atomic E-state index is 10.9. The Morgan fingerprint density at radius 2 is 2.00 bits per heavy atom. The van der Waals surface area contributed by atoms with Gasteiger partial charge in [0.2, 0.25) is 0 Å². The molecule has 1 aliphatic carbocycles. The van der Waals surface area contributed by atoms with E-state index in [0.29, 0.717) is 10.6 Å². The number of halogens is 1. The molecule has 0 unspecified atom stereocenters. The molecule has 0 aromatic carbocycles. The predicted molar refractivity (Wildman–Crippen MR) is 63.6 cm³/mol. The minimum Gasteiger partial charge on any atom is -0.478 e. The summed E-state index contributed by atoms with van der Waals surface area (Å²) in [5.74, 6) is -0.924. The second-order valence-electron chi connectivity index (χ2n) is 4.24. The Labute approximate surface area is 103 Å². The summed E-state index contributed by atoms with van der Waals surface area (Å²) < 4.78 is 2.43. The zero-order valence-corrected chi connectivity index (χ0v) is 10.6. The van der Waals surface area contributed by atoms with E-state index in [1.807, 2.05) is 4.68 Å². The summed E-state index contributed by atoms with van der Waals surface area (Å²) in [5, 5.41) is 13.1. The van der Waals surface area contributed by atoms with Crippen molar-refractivity contribution in [2.45, 2.75) is 44.6 Å². The second kappa shape index (κ2) is 4.99. The van der Waals surface area contributed by atoms with Crippen LogP contribution >= 0.6 is 15.9 Å². The monoisotopic (exact) mass is 286 g/mol. The average Bonchev–Trinajstić information content (AvgIpc) is 2.50. The van der Waals surface area contributed by atoms with Gasteiger partial charge in [0, 0.05) is 0 Å². The fraction of sp³-hybridized carbons (Fsp3) is 0.636. The number of aromatic carboxylic acids is 1. The summed E-state index contributed by atoms with van der Waals surface area (Å²) in [6.07, 6.45) is 8.59. The van der Waals surface area contributed by atoms with Crippen LogP contribution in [0.25, 0.3) is 0 Å². The predicted octanol–water partition coefficient (Wildman–Crippen LogP) is 3.24. The maximum Gasteiger partial charge on any atom is 0.340 e. The normalized spacial score (nSPS) is 18.3. The zero-order valence-electron chi connectivity index (χ0n) is 9.03. The highest BCUT2D eigenvalue weighted by atomic mass is 79.9. The summed E-state index contributed by atoms with van der Waals surface area (Å²) >= 11 is 3.33. The Hall–Kier alpha value is -0.840. The molecule has 88 valence electrons. The highest BCUT2D eigenvalue weighted by Crippen LogP contribution is 2.30. The van der Waals surface area contributed by atoms with Crippen LogP contribution in [0.3, 0.4) is 0 Å². The lowest BCUT2D eigenvalue weighted by Crippen LogP contribution is -2.10. The molecule has 1 N–H and O–H groups in total. The maximum absolute atomic E-state index is 10.9. The van der Waals surface area contributed by atoms with E-state index in [1.54, 1.807) is 0 Å². The third-order valence-electron chi connectivity index (χ3n) is 3.14. The van der Waals surface area contributed by atoms with Crippen LogP contribution in [0.15, 0.2) is 10.8 Å². The van der Waals surface area contributed by atoms with Crippen LogP contribution in [-0.2, 0) is 0 Å². The Bertz CT molecular complexity index is 381. The lowest BCUT2D eigenvalue weighted by molar-refractivity contribution is 0.0695. The van der Waals surface area contributed by atoms with Crippen LogP contribution in [0.2, 0.25) is 0 Å². The fourth-order valence-corrected chi connectivity index (χ4v) is 2.90. The van der Waals surface area contributed by atoms with Gasteiger partial charge in [0.25, 0.3) is 0 Å². The molecule has 16 heavy (non-hydrogen) atoms. The molecule has 2 rings (SSSR count). The van der Waals surface area contributed by atoms with Gasteiger partial charge >= 0.3 is 5.97 Å². The first kappa shape index (κ1) is 11.6. The molecule has 0 saturated heterocycles. The highest BCUT2D eigenvalue weighted by Gasteiger charge is 2.21. The lowest BCUT2D eigenvalue weighted by atomic mass is 10.1. The molecule has 0 spiro atoms. The van der Waals surface area contributed by atoms with Gasteiger partial charge in [-0.25, -0.2) is 4.79 Å². The van der Waals surface area contributed by atoms with Gasteiger partial charge in [0.15, 0.2) is 0 Å². The Morgan fingerprint density at radius 3 is 2.50 bits per heavy atom. The Balaban J connectivity index is 2.22. The Morgan fingerprint density at radius 1 is 1.38 bits per heavy atom. The molecule has 1 aliphatic rings. The van der Waals surface area contributed by atoms with Gasteiger partial charge < -0.3 is 5.11 Å². The molecule has 1 heterocycles. The SMILES string of the molecule is O=C(O)c1cnn(C2CCCCCC2)c1Br. The van der Waals surface area contributed by atoms with E-state index in [1.165, 1.54) is 31.9 Å². The molecule has 0 bridgehead atoms. The van der Waals surface area contributed by atoms with Crippen LogP contribution in [0.5, 0.6) is 0 Å². The average molecular weight is 287 g/mol. The quantitative estimate of drug-likeness (QED) is 0.849. The summed E-state index contributed by atoms with van der Waals surface area (Å²) in [6.45, 7) is 0. The van der Waals surface area contributed by atoms with E-state index < -0.39 is 5.97 Å². The van der Waals surface area contributed by atoms with Gasteiger partial charge in [-0.2, -0.15) is 5.10 Å². The fourth-order valence-electron chi connectivity index (χ4n) is 2.25. The number of hydrogen-bond donors (Lipinski definition) is 1. The van der Waals surface area contributed by atoms with Crippen LogP contribution in [-0.4, -0.2) is 20.9 Å². The van der Waals surface area contributed by atoms with Crippen molar-refractivity contribution in [3.05, 3.63) is 16.4 Å². The zero-order chi connectivity index (χ0) is 11.5. The molecule has 0 atom stereocenters. The lowest BCUT2D eigenvalue weighted by Gasteiger charge is -2.15. The highest BCUT2D eigenvalue weighted by molar-refractivity contribution is 9.10. The molecular weight excluding hydrogens is 272 g/mol. The summed E-state index contributed by atoms with van der Waals surface area (Å²) in [6, 6.07) is 0.352. The van der Waals surface area contributed by atoms with E-state index in [2.05, 4.69) is 21.0 Å². The number of hydrogen-bond acceptors (Lipinski definition) is 2. The third kappa shape index (κ3) is 2.29. The van der Waals surface area contributed by atoms with Gasteiger partial charge in [-0.15, -0.1) is 0 Å². The molecule has 0 radical (unpaired) electrons. The van der Waals surface area contributed by atoms with Crippen LogP contribution in [0, 0.1) is 0 Å². The van der Waals surface area contributed by atoms with Crippen LogP contribution < -0.4 is 0 Å². The second-order valence-corrected chi connectivity index (χ2v) is 5.00. The molecule has 0 aliphatic heterocycles. The largest absolute Gasteiger partial charge is 0.478 e. The molecule has 0 amide bonds. The molecule has 1 aromatic heterocycles. The van der Waals surface area contributed by atoms with Gasteiger partial charge in [0.05, 0.1) is 12.2 Å². The number of rotatable bonds is 2. The van der Waals surface area contributed by atoms with Crippen molar-refractivity contribution in [1.29, 1.82) is 0 Å². The first-order valence-corrected chi connectivity index (χ1v) is 6.45. The van der Waals surface area contributed by atoms with Crippen molar-refractivity contribution < 1.29 is 9.90 Å². The Kier molecular flexibility index (Phi) is 3.63. The molecular formula is C11H15BrN2O2. The minimum absolute atomic E-state index is 0.254. The van der Waals surface area contributed by atoms with Crippen LogP contribution in [0.1, 0.15) is 54.9 Å². The van der Waals surface area contributed by atoms with Crippen molar-refractivity contribution in [1.82, 2.24) is 9.78 Å². The van der Waals surface area contributed by atoms with Gasteiger partial charge in [-0.05, 0) is 28.8 Å². The van der Waals surface area contributed by atoms with E-state index in [-0.39, 0.29) is 5.56 Å². The van der Waals surface area contributed by atoms with Crippen molar-refractivity contribution >= 4 is 21.9 Å². The van der Waals surface area contributed by atoms with Crippen molar-refractivity contribution in [3.63, 3.8) is 0 Å². The molecule has 1 fully saturated rings. The van der Waals surface area contributed by atoms with Crippen molar-refractivity contribution in [2.75, 3.05) is 0 Å². The molecule has 1 aromatic rings. The smallest absolute Gasteiger partial charge is 0.340 e. The summed E-state index contributed by atoms with van der Waals surface area (Å²) in [7, 11) is 0. The van der Waals surface area contributed by atoms with Crippen LogP contribution in [0.4, 0.5) is 0 Å². The van der Waals surface area contributed by atoms with Gasteiger partial charge in [-0.1, -0.05) is 25.7 Å².